The third-order valence-corrected chi connectivity index (χ3v) is 6.24. The van der Waals surface area contributed by atoms with E-state index in [-0.39, 0.29) is 5.91 Å². The summed E-state index contributed by atoms with van der Waals surface area (Å²) in [5.41, 5.74) is 0. The van der Waals surface area contributed by atoms with E-state index in [4.69, 9.17) is 4.74 Å². The van der Waals surface area contributed by atoms with Crippen molar-refractivity contribution in [3.63, 3.8) is 0 Å². The van der Waals surface area contributed by atoms with Gasteiger partial charge in [0.25, 0.3) is 5.91 Å². The molecule has 0 saturated heterocycles. The molecular formula is C20H23N3O2S2. The molecule has 3 rings (SSSR count). The monoisotopic (exact) mass is 401 g/mol. The second kappa shape index (κ2) is 9.19. The average molecular weight is 402 g/mol. The highest BCUT2D eigenvalue weighted by molar-refractivity contribution is 8.01. The highest BCUT2D eigenvalue weighted by Crippen LogP contribution is 2.27. The van der Waals surface area contributed by atoms with Crippen LogP contribution in [0, 0.1) is 5.92 Å². The van der Waals surface area contributed by atoms with Crippen molar-refractivity contribution in [1.82, 2.24) is 10.2 Å². The molecule has 7 heteroatoms. The first-order chi connectivity index (χ1) is 13.0. The molecule has 0 radical (unpaired) electrons. The second-order valence-electron chi connectivity index (χ2n) is 6.59. The van der Waals surface area contributed by atoms with Crippen LogP contribution in [0.15, 0.2) is 46.8 Å². The summed E-state index contributed by atoms with van der Waals surface area (Å²) in [6.07, 6.45) is -0.0197. The van der Waals surface area contributed by atoms with Crippen molar-refractivity contribution in [3.05, 3.63) is 42.5 Å². The summed E-state index contributed by atoms with van der Waals surface area (Å²) in [5, 5.41) is 13.7. The van der Waals surface area contributed by atoms with Crippen LogP contribution in [-0.4, -0.2) is 28.0 Å². The molecule has 0 bridgehead atoms. The minimum Gasteiger partial charge on any atom is -0.481 e. The van der Waals surface area contributed by atoms with Gasteiger partial charge in [0.05, 0.1) is 0 Å². The zero-order valence-corrected chi connectivity index (χ0v) is 17.3. The molecular weight excluding hydrogens is 378 g/mol. The van der Waals surface area contributed by atoms with Gasteiger partial charge in [-0.15, -0.1) is 10.2 Å². The van der Waals surface area contributed by atoms with Crippen LogP contribution in [0.5, 0.6) is 5.75 Å². The number of nitrogens with zero attached hydrogens (tertiary/aromatic N) is 2. The predicted molar refractivity (Wildman–Crippen MR) is 113 cm³/mol. The fourth-order valence-corrected chi connectivity index (χ4v) is 4.20. The van der Waals surface area contributed by atoms with E-state index in [2.05, 4.69) is 29.4 Å². The Labute approximate surface area is 167 Å². The molecule has 1 heterocycles. The first-order valence-corrected chi connectivity index (χ1v) is 10.8. The summed E-state index contributed by atoms with van der Waals surface area (Å²) in [6, 6.07) is 13.9. The Kier molecular flexibility index (Phi) is 6.68. The van der Waals surface area contributed by atoms with E-state index < -0.39 is 6.10 Å². The van der Waals surface area contributed by atoms with E-state index in [9.17, 15) is 4.79 Å². The topological polar surface area (TPSA) is 64.1 Å². The molecule has 0 aliphatic carbocycles. The molecule has 1 aromatic heterocycles. The lowest BCUT2D eigenvalue weighted by Gasteiger charge is -2.16. The highest BCUT2D eigenvalue weighted by atomic mass is 32.2. The lowest BCUT2D eigenvalue weighted by atomic mass is 10.1. The Hall–Kier alpha value is -2.12. The van der Waals surface area contributed by atoms with Gasteiger partial charge in [-0.3, -0.25) is 10.1 Å². The van der Waals surface area contributed by atoms with Crippen LogP contribution >= 0.6 is 23.1 Å². The Balaban J connectivity index is 1.63. The number of carbonyl (C=O) groups excluding carboxylic acids is 1. The van der Waals surface area contributed by atoms with Gasteiger partial charge in [-0.25, -0.2) is 0 Å². The third-order valence-electron chi connectivity index (χ3n) is 3.84. The molecule has 1 N–H and O–H groups in total. The van der Waals surface area contributed by atoms with Gasteiger partial charge < -0.3 is 4.74 Å². The molecule has 0 aliphatic heterocycles. The van der Waals surface area contributed by atoms with Gasteiger partial charge in [-0.1, -0.05) is 74.2 Å². The normalized spacial score (nSPS) is 12.3. The molecule has 1 unspecified atom stereocenters. The maximum absolute atomic E-state index is 12.6. The number of fused-ring (bicyclic) bond motifs is 1. The number of nitrogens with one attached hydrogen (secondary N) is 1. The molecule has 142 valence electrons. The van der Waals surface area contributed by atoms with Crippen molar-refractivity contribution in [2.45, 2.75) is 37.6 Å². The summed E-state index contributed by atoms with van der Waals surface area (Å²) < 4.78 is 6.79. The molecule has 0 aliphatic rings. The molecule has 1 atom stereocenters. The number of aromatic nitrogens is 2. The van der Waals surface area contributed by atoms with Crippen LogP contribution in [0.2, 0.25) is 0 Å². The zero-order chi connectivity index (χ0) is 19.2. The maximum atomic E-state index is 12.6. The molecule has 0 spiro atoms. The van der Waals surface area contributed by atoms with Gasteiger partial charge >= 0.3 is 0 Å². The van der Waals surface area contributed by atoms with Gasteiger partial charge in [0, 0.05) is 5.75 Å². The van der Waals surface area contributed by atoms with Crippen LogP contribution < -0.4 is 10.1 Å². The Morgan fingerprint density at radius 1 is 1.19 bits per heavy atom. The number of hydrogen-bond donors (Lipinski definition) is 1. The number of thioether (sulfide) groups is 1. The number of benzene rings is 2. The Morgan fingerprint density at radius 3 is 2.70 bits per heavy atom. The zero-order valence-electron chi connectivity index (χ0n) is 15.6. The fourth-order valence-electron chi connectivity index (χ4n) is 2.47. The van der Waals surface area contributed by atoms with Gasteiger partial charge in [0.15, 0.2) is 10.4 Å². The van der Waals surface area contributed by atoms with Gasteiger partial charge in [-0.2, -0.15) is 0 Å². The van der Waals surface area contributed by atoms with Crippen molar-refractivity contribution in [3.8, 4) is 5.75 Å². The summed E-state index contributed by atoms with van der Waals surface area (Å²) in [4.78, 5) is 12.6. The van der Waals surface area contributed by atoms with E-state index in [1.165, 1.54) is 11.3 Å². The molecule has 27 heavy (non-hydrogen) atoms. The number of rotatable bonds is 8. The largest absolute Gasteiger partial charge is 0.481 e. The summed E-state index contributed by atoms with van der Waals surface area (Å²) in [7, 11) is 0. The van der Waals surface area contributed by atoms with E-state index in [0.29, 0.717) is 23.2 Å². The van der Waals surface area contributed by atoms with Crippen molar-refractivity contribution in [2.24, 2.45) is 5.92 Å². The lowest BCUT2D eigenvalue weighted by molar-refractivity contribution is -0.122. The van der Waals surface area contributed by atoms with E-state index >= 15 is 0 Å². The Bertz CT molecular complexity index is 911. The summed E-state index contributed by atoms with van der Waals surface area (Å²) in [5.74, 6) is 2.03. The quantitative estimate of drug-likeness (QED) is 0.413. The minimum atomic E-state index is -0.582. The van der Waals surface area contributed by atoms with Crippen molar-refractivity contribution in [2.75, 3.05) is 11.1 Å². The number of hydrogen-bond acceptors (Lipinski definition) is 6. The third kappa shape index (κ3) is 5.43. The molecule has 5 nitrogen and oxygen atoms in total. The van der Waals surface area contributed by atoms with Crippen LogP contribution in [0.4, 0.5) is 5.13 Å². The molecule has 3 aromatic rings. The van der Waals surface area contributed by atoms with Crippen molar-refractivity contribution >= 4 is 44.9 Å². The average Bonchev–Trinajstić information content (AvgIpc) is 3.11. The maximum Gasteiger partial charge on any atom is 0.267 e. The summed E-state index contributed by atoms with van der Waals surface area (Å²) in [6.45, 7) is 6.24. The Morgan fingerprint density at radius 2 is 1.96 bits per heavy atom. The first kappa shape index (κ1) is 19.6. The first-order valence-electron chi connectivity index (χ1n) is 8.97. The molecule has 1 amide bonds. The number of ether oxygens (including phenoxy) is 1. The van der Waals surface area contributed by atoms with E-state index in [1.54, 1.807) is 11.8 Å². The SMILES string of the molecule is CCC(Oc1ccc2ccccc2c1)C(=O)Nc1nnc(SCC(C)C)s1. The smallest absolute Gasteiger partial charge is 0.267 e. The summed E-state index contributed by atoms with van der Waals surface area (Å²) >= 11 is 3.05. The second-order valence-corrected chi connectivity index (χ2v) is 8.84. The van der Waals surface area contributed by atoms with Crippen molar-refractivity contribution in [1.29, 1.82) is 0 Å². The lowest BCUT2D eigenvalue weighted by Crippen LogP contribution is -2.32. The molecule has 0 fully saturated rings. The van der Waals surface area contributed by atoms with E-state index in [1.807, 2.05) is 49.4 Å². The number of carbonyl (C=O) groups is 1. The minimum absolute atomic E-state index is 0.206. The molecule has 0 saturated carbocycles. The highest BCUT2D eigenvalue weighted by Gasteiger charge is 2.20. The fraction of sp³-hybridized carbons (Fsp3) is 0.350. The predicted octanol–water partition coefficient (Wildman–Crippen LogP) is 5.24. The van der Waals surface area contributed by atoms with Gasteiger partial charge in [0.1, 0.15) is 5.75 Å². The molecule has 2 aromatic carbocycles. The van der Waals surface area contributed by atoms with Crippen LogP contribution in [-0.2, 0) is 4.79 Å². The standard InChI is InChI=1S/C20H23N3O2S2/c1-4-17(25-16-10-9-14-7-5-6-8-15(14)11-16)18(24)21-19-22-23-20(27-19)26-12-13(2)3/h5-11,13,17H,4,12H2,1-3H3,(H,21,22,24). The van der Waals surface area contributed by atoms with E-state index in [0.717, 1.165) is 20.9 Å². The van der Waals surface area contributed by atoms with Gasteiger partial charge in [-0.05, 0) is 35.2 Å². The number of amides is 1. The van der Waals surface area contributed by atoms with Crippen LogP contribution in [0.3, 0.4) is 0 Å². The number of anilines is 1. The van der Waals surface area contributed by atoms with Crippen LogP contribution in [0.25, 0.3) is 10.8 Å². The van der Waals surface area contributed by atoms with Crippen LogP contribution in [0.1, 0.15) is 27.2 Å². The van der Waals surface area contributed by atoms with Crippen molar-refractivity contribution < 1.29 is 9.53 Å². The van der Waals surface area contributed by atoms with Gasteiger partial charge in [0.2, 0.25) is 5.13 Å².